The molecule has 0 bridgehead atoms. The Balaban J connectivity index is 1.88. The minimum absolute atomic E-state index is 0.124. The lowest BCUT2D eigenvalue weighted by Crippen LogP contribution is -2.57. The first-order chi connectivity index (χ1) is 10.4. The third-order valence-electron chi connectivity index (χ3n) is 4.09. The van der Waals surface area contributed by atoms with Gasteiger partial charge in [-0.05, 0) is 29.1 Å². The highest BCUT2D eigenvalue weighted by Crippen LogP contribution is 2.32. The topological polar surface area (TPSA) is 31.4 Å². The van der Waals surface area contributed by atoms with E-state index in [1.807, 2.05) is 42.5 Å². The molecule has 4 heteroatoms. The molecule has 0 unspecified atom stereocenters. The molecule has 3 aromatic rings. The van der Waals surface area contributed by atoms with Crippen LogP contribution in [-0.2, 0) is 0 Å². The fraction of sp³-hybridized carbons (Fsp3) is 0. The number of pyridine rings is 1. The summed E-state index contributed by atoms with van der Waals surface area (Å²) in [5, 5.41) is 0. The summed E-state index contributed by atoms with van der Waals surface area (Å²) >= 11 is 0. The fourth-order valence-electron chi connectivity index (χ4n) is 3.20. The van der Waals surface area contributed by atoms with Gasteiger partial charge in [0.1, 0.15) is 17.2 Å². The molecular formula is C17H10BNO2. The first-order valence-electron chi connectivity index (χ1n) is 6.94. The number of ether oxygens (including phenoxy) is 2. The van der Waals surface area contributed by atoms with E-state index in [2.05, 4.69) is 17.1 Å². The van der Waals surface area contributed by atoms with Crippen molar-refractivity contribution in [1.82, 2.24) is 4.98 Å². The van der Waals surface area contributed by atoms with Crippen LogP contribution in [0.1, 0.15) is 0 Å². The van der Waals surface area contributed by atoms with Crippen LogP contribution in [0.5, 0.6) is 23.1 Å². The summed E-state index contributed by atoms with van der Waals surface area (Å²) in [5.41, 5.74) is 3.35. The molecule has 0 spiro atoms. The summed E-state index contributed by atoms with van der Waals surface area (Å²) in [6, 6.07) is 18.2. The molecule has 0 N–H and O–H groups in total. The summed E-state index contributed by atoms with van der Waals surface area (Å²) in [4.78, 5) is 4.38. The van der Waals surface area contributed by atoms with Crippen molar-refractivity contribution < 1.29 is 9.47 Å². The Hall–Kier alpha value is -2.75. The third-order valence-corrected chi connectivity index (χ3v) is 4.09. The van der Waals surface area contributed by atoms with Crippen molar-refractivity contribution in [2.24, 2.45) is 0 Å². The van der Waals surface area contributed by atoms with Gasteiger partial charge in [0.2, 0.25) is 5.88 Å². The molecule has 98 valence electrons. The Morgan fingerprint density at radius 1 is 0.714 bits per heavy atom. The summed E-state index contributed by atoms with van der Waals surface area (Å²) in [6.45, 7) is 0.124. The van der Waals surface area contributed by atoms with Gasteiger partial charge in [-0.1, -0.05) is 36.4 Å². The van der Waals surface area contributed by atoms with E-state index in [9.17, 15) is 0 Å². The van der Waals surface area contributed by atoms with Gasteiger partial charge in [0.05, 0.1) is 0 Å². The lowest BCUT2D eigenvalue weighted by molar-refractivity contribution is 0.450. The molecule has 2 aromatic carbocycles. The third kappa shape index (κ3) is 1.42. The first-order valence-corrected chi connectivity index (χ1v) is 6.94. The van der Waals surface area contributed by atoms with Gasteiger partial charge >= 0.3 is 0 Å². The second-order valence-electron chi connectivity index (χ2n) is 5.24. The van der Waals surface area contributed by atoms with Crippen LogP contribution in [-0.4, -0.2) is 11.7 Å². The molecule has 21 heavy (non-hydrogen) atoms. The van der Waals surface area contributed by atoms with Crippen LogP contribution in [0.4, 0.5) is 0 Å². The van der Waals surface area contributed by atoms with Crippen LogP contribution in [0, 0.1) is 0 Å². The maximum atomic E-state index is 6.02. The Morgan fingerprint density at radius 3 is 2.14 bits per heavy atom. The van der Waals surface area contributed by atoms with Gasteiger partial charge in [-0.25, -0.2) is 4.98 Å². The number of fused-ring (bicyclic) bond motifs is 4. The maximum absolute atomic E-state index is 6.02. The molecule has 0 radical (unpaired) electrons. The van der Waals surface area contributed by atoms with Crippen LogP contribution in [0.3, 0.4) is 0 Å². The number of hydrogen-bond acceptors (Lipinski definition) is 3. The Kier molecular flexibility index (Phi) is 2.03. The monoisotopic (exact) mass is 271 g/mol. The van der Waals surface area contributed by atoms with Crippen LogP contribution in [0.25, 0.3) is 0 Å². The van der Waals surface area contributed by atoms with Crippen molar-refractivity contribution in [2.45, 2.75) is 0 Å². The Labute approximate surface area is 122 Å². The van der Waals surface area contributed by atoms with Crippen LogP contribution in [0.2, 0.25) is 0 Å². The highest BCUT2D eigenvalue weighted by molar-refractivity contribution is 6.98. The predicted octanol–water partition coefficient (Wildman–Crippen LogP) is 1.81. The normalized spacial score (nSPS) is 13.4. The van der Waals surface area contributed by atoms with Gasteiger partial charge in [-0.3, -0.25) is 0 Å². The van der Waals surface area contributed by atoms with Crippen LogP contribution in [0.15, 0.2) is 60.8 Å². The predicted molar refractivity (Wildman–Crippen MR) is 81.9 cm³/mol. The molecule has 1 aromatic heterocycles. The minimum Gasteiger partial charge on any atom is -0.458 e. The van der Waals surface area contributed by atoms with E-state index in [-0.39, 0.29) is 6.71 Å². The Morgan fingerprint density at radius 2 is 1.38 bits per heavy atom. The summed E-state index contributed by atoms with van der Waals surface area (Å²) in [6.07, 6.45) is 1.73. The SMILES string of the molecule is c1ccc2c(c1)Oc1ccnc3c1B2c1ccccc1O3. The van der Waals surface area contributed by atoms with Crippen molar-refractivity contribution in [3.05, 3.63) is 60.8 Å². The van der Waals surface area contributed by atoms with Crippen molar-refractivity contribution in [2.75, 3.05) is 0 Å². The lowest BCUT2D eigenvalue weighted by Gasteiger charge is -2.31. The van der Waals surface area contributed by atoms with Crippen molar-refractivity contribution >= 4 is 23.1 Å². The van der Waals surface area contributed by atoms with E-state index in [0.29, 0.717) is 5.88 Å². The van der Waals surface area contributed by atoms with Crippen LogP contribution < -0.4 is 25.9 Å². The highest BCUT2D eigenvalue weighted by Gasteiger charge is 2.40. The zero-order chi connectivity index (χ0) is 13.8. The van der Waals surface area contributed by atoms with E-state index in [1.165, 1.54) is 0 Å². The molecule has 5 rings (SSSR count). The summed E-state index contributed by atoms with van der Waals surface area (Å²) in [5.74, 6) is 3.25. The highest BCUT2D eigenvalue weighted by atomic mass is 16.5. The molecule has 0 amide bonds. The van der Waals surface area contributed by atoms with E-state index >= 15 is 0 Å². The zero-order valence-corrected chi connectivity index (χ0v) is 11.1. The lowest BCUT2D eigenvalue weighted by atomic mass is 9.35. The number of rotatable bonds is 0. The fourth-order valence-corrected chi connectivity index (χ4v) is 3.20. The molecule has 0 fully saturated rings. The van der Waals surface area contributed by atoms with Gasteiger partial charge in [-0.2, -0.15) is 0 Å². The zero-order valence-electron chi connectivity index (χ0n) is 11.1. The standard InChI is InChI=1S/C17H10BNO2/c1-3-7-13-11(5-1)18-12-6-2-4-8-14(12)21-17-16(18)15(20-13)9-10-19-17/h1-10H. The van der Waals surface area contributed by atoms with Gasteiger partial charge < -0.3 is 9.47 Å². The van der Waals surface area contributed by atoms with Crippen molar-refractivity contribution in [3.63, 3.8) is 0 Å². The average Bonchev–Trinajstić information content (AvgIpc) is 2.54. The second kappa shape index (κ2) is 3.89. The first kappa shape index (κ1) is 11.0. The maximum Gasteiger partial charge on any atom is 0.262 e. The number of para-hydroxylation sites is 2. The molecule has 0 saturated carbocycles. The Bertz CT molecular complexity index is 810. The summed E-state index contributed by atoms with van der Waals surface area (Å²) < 4.78 is 12.0. The molecule has 0 atom stereocenters. The number of hydrogen-bond donors (Lipinski definition) is 0. The molecule has 2 aliphatic heterocycles. The van der Waals surface area contributed by atoms with E-state index in [4.69, 9.17) is 9.47 Å². The minimum atomic E-state index is 0.124. The average molecular weight is 271 g/mol. The molecule has 3 nitrogen and oxygen atoms in total. The number of benzene rings is 2. The van der Waals surface area contributed by atoms with Gasteiger partial charge in [0.15, 0.2) is 0 Å². The molecular weight excluding hydrogens is 261 g/mol. The van der Waals surface area contributed by atoms with Crippen molar-refractivity contribution in [1.29, 1.82) is 0 Å². The largest absolute Gasteiger partial charge is 0.458 e. The molecule has 0 aliphatic carbocycles. The smallest absolute Gasteiger partial charge is 0.262 e. The van der Waals surface area contributed by atoms with E-state index < -0.39 is 0 Å². The van der Waals surface area contributed by atoms with Crippen LogP contribution >= 0.6 is 0 Å². The summed E-state index contributed by atoms with van der Waals surface area (Å²) in [7, 11) is 0. The molecule has 2 aliphatic rings. The molecule has 0 saturated heterocycles. The van der Waals surface area contributed by atoms with Gasteiger partial charge in [0, 0.05) is 11.7 Å². The van der Waals surface area contributed by atoms with E-state index in [1.54, 1.807) is 6.20 Å². The molecule has 3 heterocycles. The second-order valence-corrected chi connectivity index (χ2v) is 5.24. The van der Waals surface area contributed by atoms with Crippen molar-refractivity contribution in [3.8, 4) is 23.1 Å². The van der Waals surface area contributed by atoms with E-state index in [0.717, 1.165) is 33.6 Å². The quantitative estimate of drug-likeness (QED) is 0.402. The van der Waals surface area contributed by atoms with Gasteiger partial charge in [0.25, 0.3) is 6.71 Å². The number of nitrogens with zero attached hydrogens (tertiary/aromatic N) is 1. The van der Waals surface area contributed by atoms with Gasteiger partial charge in [-0.15, -0.1) is 0 Å². The number of aromatic nitrogens is 1.